The molecule has 4 nitrogen and oxygen atoms in total. The van der Waals surface area contributed by atoms with Crippen molar-refractivity contribution in [2.24, 2.45) is 0 Å². The molecule has 1 atom stereocenters. The molecule has 20 heavy (non-hydrogen) atoms. The number of hydrogen-bond acceptors (Lipinski definition) is 4. The minimum atomic E-state index is -4.22. The Morgan fingerprint density at radius 1 is 1.25 bits per heavy atom. The van der Waals surface area contributed by atoms with Gasteiger partial charge in [0, 0.05) is 6.54 Å². The molecule has 0 aromatic carbocycles. The highest BCUT2D eigenvalue weighted by atomic mass is 19.4. The monoisotopic (exact) mass is 298 g/mol. The summed E-state index contributed by atoms with van der Waals surface area (Å²) in [6, 6.07) is -0.549. The second kappa shape index (κ2) is 9.99. The Labute approximate surface area is 118 Å². The van der Waals surface area contributed by atoms with Crippen LogP contribution in [0.25, 0.3) is 0 Å². The van der Waals surface area contributed by atoms with E-state index in [0.717, 1.165) is 0 Å². The maximum absolute atomic E-state index is 12.4. The number of carbonyl (C=O) groups is 1. The lowest BCUT2D eigenvalue weighted by molar-refractivity contribution is -0.148. The van der Waals surface area contributed by atoms with Crippen molar-refractivity contribution < 1.29 is 22.7 Å². The number of ether oxygens (including phenoxy) is 1. The van der Waals surface area contributed by atoms with Crippen molar-refractivity contribution in [1.29, 1.82) is 0 Å². The van der Waals surface area contributed by atoms with E-state index in [1.54, 1.807) is 6.92 Å². The number of halogens is 3. The lowest BCUT2D eigenvalue weighted by Crippen LogP contribution is -2.43. The first-order valence-corrected chi connectivity index (χ1v) is 7.03. The molecule has 1 N–H and O–H groups in total. The van der Waals surface area contributed by atoms with Crippen molar-refractivity contribution in [3.05, 3.63) is 0 Å². The maximum Gasteiger partial charge on any atom is 0.401 e. The van der Waals surface area contributed by atoms with E-state index in [4.69, 9.17) is 4.74 Å². The highest BCUT2D eigenvalue weighted by Gasteiger charge is 2.31. The molecule has 0 radical (unpaired) electrons. The fraction of sp³-hybridized carbons (Fsp3) is 0.923. The SMILES string of the molecule is CCCN(CCC(NCC)C(=O)OCC)CC(F)(F)F. The Morgan fingerprint density at radius 3 is 2.35 bits per heavy atom. The molecule has 0 saturated heterocycles. The molecule has 0 aliphatic heterocycles. The van der Waals surface area contributed by atoms with Crippen molar-refractivity contribution in [3.63, 3.8) is 0 Å². The lowest BCUT2D eigenvalue weighted by atomic mass is 10.2. The van der Waals surface area contributed by atoms with Crippen LogP contribution in [0.3, 0.4) is 0 Å². The molecule has 1 unspecified atom stereocenters. The molecular weight excluding hydrogens is 273 g/mol. The predicted molar refractivity (Wildman–Crippen MR) is 71.5 cm³/mol. The number of nitrogens with zero attached hydrogens (tertiary/aromatic N) is 1. The number of esters is 1. The summed E-state index contributed by atoms with van der Waals surface area (Å²) in [6.45, 7) is 5.84. The van der Waals surface area contributed by atoms with E-state index in [-0.39, 0.29) is 13.2 Å². The first-order chi connectivity index (χ1) is 9.34. The first-order valence-electron chi connectivity index (χ1n) is 7.03. The van der Waals surface area contributed by atoms with Gasteiger partial charge in [-0.15, -0.1) is 0 Å². The summed E-state index contributed by atoms with van der Waals surface area (Å²) >= 11 is 0. The van der Waals surface area contributed by atoms with Crippen LogP contribution in [0.1, 0.15) is 33.6 Å². The molecule has 0 heterocycles. The van der Waals surface area contributed by atoms with Gasteiger partial charge in [0.1, 0.15) is 6.04 Å². The highest BCUT2D eigenvalue weighted by molar-refractivity contribution is 5.75. The average molecular weight is 298 g/mol. The van der Waals surface area contributed by atoms with Crippen molar-refractivity contribution in [1.82, 2.24) is 10.2 Å². The van der Waals surface area contributed by atoms with Crippen LogP contribution in [0.5, 0.6) is 0 Å². The van der Waals surface area contributed by atoms with Gasteiger partial charge in [-0.05, 0) is 32.9 Å². The molecule has 0 aromatic rings. The Bertz CT molecular complexity index is 273. The Kier molecular flexibility index (Phi) is 9.58. The van der Waals surface area contributed by atoms with Crippen LogP contribution < -0.4 is 5.32 Å². The summed E-state index contributed by atoms with van der Waals surface area (Å²) in [5.74, 6) is -0.405. The fourth-order valence-electron chi connectivity index (χ4n) is 1.94. The minimum absolute atomic E-state index is 0.212. The molecule has 0 aliphatic carbocycles. The number of rotatable bonds is 10. The number of hydrogen-bond donors (Lipinski definition) is 1. The van der Waals surface area contributed by atoms with Gasteiger partial charge in [0.15, 0.2) is 0 Å². The van der Waals surface area contributed by atoms with Crippen LogP contribution in [0.15, 0.2) is 0 Å². The zero-order valence-corrected chi connectivity index (χ0v) is 12.4. The van der Waals surface area contributed by atoms with Gasteiger partial charge in [-0.3, -0.25) is 9.69 Å². The number of carbonyl (C=O) groups excluding carboxylic acids is 1. The number of alkyl halides is 3. The molecule has 0 amide bonds. The van der Waals surface area contributed by atoms with Gasteiger partial charge in [0.2, 0.25) is 0 Å². The van der Waals surface area contributed by atoms with Gasteiger partial charge >= 0.3 is 12.1 Å². The topological polar surface area (TPSA) is 41.6 Å². The van der Waals surface area contributed by atoms with Crippen molar-refractivity contribution in [3.8, 4) is 0 Å². The molecule has 0 aromatic heterocycles. The Hall–Kier alpha value is -0.820. The van der Waals surface area contributed by atoms with Crippen molar-refractivity contribution in [2.45, 2.75) is 45.8 Å². The fourth-order valence-corrected chi connectivity index (χ4v) is 1.94. The minimum Gasteiger partial charge on any atom is -0.465 e. The molecule has 7 heteroatoms. The number of nitrogens with one attached hydrogen (secondary N) is 1. The molecule has 0 bridgehead atoms. The van der Waals surface area contributed by atoms with Crippen LogP contribution in [-0.4, -0.2) is 55.9 Å². The third-order valence-corrected chi connectivity index (χ3v) is 2.70. The Morgan fingerprint density at radius 2 is 1.90 bits per heavy atom. The van der Waals surface area contributed by atoms with E-state index in [1.165, 1.54) is 4.90 Å². The van der Waals surface area contributed by atoms with Gasteiger partial charge in [-0.1, -0.05) is 13.8 Å². The van der Waals surface area contributed by atoms with Crippen LogP contribution >= 0.6 is 0 Å². The quantitative estimate of drug-likeness (QED) is 0.628. The second-order valence-electron chi connectivity index (χ2n) is 4.54. The molecule has 0 saturated carbocycles. The summed E-state index contributed by atoms with van der Waals surface area (Å²) in [5, 5.41) is 2.95. The van der Waals surface area contributed by atoms with Gasteiger partial charge in [0.05, 0.1) is 13.2 Å². The van der Waals surface area contributed by atoms with E-state index < -0.39 is 24.7 Å². The van der Waals surface area contributed by atoms with Gasteiger partial charge in [0.25, 0.3) is 0 Å². The zero-order valence-electron chi connectivity index (χ0n) is 12.4. The van der Waals surface area contributed by atoms with Crippen LogP contribution in [-0.2, 0) is 9.53 Å². The summed E-state index contributed by atoms with van der Waals surface area (Å²) < 4.78 is 42.2. The standard InChI is InChI=1S/C13H25F3N2O2/c1-4-8-18(10-13(14,15)16)9-7-11(17-5-2)12(19)20-6-3/h11,17H,4-10H2,1-3H3. The highest BCUT2D eigenvalue weighted by Crippen LogP contribution is 2.17. The predicted octanol–water partition coefficient (Wildman–Crippen LogP) is 2.19. The van der Waals surface area contributed by atoms with E-state index in [2.05, 4.69) is 5.32 Å². The molecular formula is C13H25F3N2O2. The Balaban J connectivity index is 4.41. The first kappa shape index (κ1) is 19.2. The van der Waals surface area contributed by atoms with Gasteiger partial charge in [-0.25, -0.2) is 0 Å². The summed E-state index contributed by atoms with van der Waals surface area (Å²) in [5.41, 5.74) is 0. The van der Waals surface area contributed by atoms with Crippen molar-refractivity contribution >= 4 is 5.97 Å². The normalized spacial score (nSPS) is 13.6. The van der Waals surface area contributed by atoms with E-state index in [1.807, 2.05) is 13.8 Å². The molecule has 0 rings (SSSR count). The van der Waals surface area contributed by atoms with E-state index >= 15 is 0 Å². The van der Waals surface area contributed by atoms with E-state index in [0.29, 0.717) is 25.9 Å². The van der Waals surface area contributed by atoms with Crippen LogP contribution in [0.2, 0.25) is 0 Å². The maximum atomic E-state index is 12.4. The van der Waals surface area contributed by atoms with Crippen molar-refractivity contribution in [2.75, 3.05) is 32.8 Å². The van der Waals surface area contributed by atoms with Crippen LogP contribution in [0, 0.1) is 0 Å². The van der Waals surface area contributed by atoms with Gasteiger partial charge in [-0.2, -0.15) is 13.2 Å². The molecule has 0 aliphatic rings. The summed E-state index contributed by atoms with van der Waals surface area (Å²) in [7, 11) is 0. The zero-order chi connectivity index (χ0) is 15.6. The van der Waals surface area contributed by atoms with Crippen LogP contribution in [0.4, 0.5) is 13.2 Å². The smallest absolute Gasteiger partial charge is 0.401 e. The lowest BCUT2D eigenvalue weighted by Gasteiger charge is -2.25. The number of likely N-dealkylation sites (N-methyl/N-ethyl adjacent to an activating group) is 1. The largest absolute Gasteiger partial charge is 0.465 e. The third kappa shape index (κ3) is 9.14. The van der Waals surface area contributed by atoms with E-state index in [9.17, 15) is 18.0 Å². The molecule has 120 valence electrons. The molecule has 0 fully saturated rings. The summed E-state index contributed by atoms with van der Waals surface area (Å²) in [4.78, 5) is 13.0. The van der Waals surface area contributed by atoms with Gasteiger partial charge < -0.3 is 10.1 Å². The third-order valence-electron chi connectivity index (χ3n) is 2.70. The molecule has 0 spiro atoms. The second-order valence-corrected chi connectivity index (χ2v) is 4.54. The summed E-state index contributed by atoms with van der Waals surface area (Å²) in [6.07, 6.45) is -3.27. The average Bonchev–Trinajstić information content (AvgIpc) is 2.32.